The van der Waals surface area contributed by atoms with Gasteiger partial charge in [-0.15, -0.1) is 0 Å². The Balaban J connectivity index is 1.88. The van der Waals surface area contributed by atoms with E-state index in [2.05, 4.69) is 12.2 Å². The molecule has 2 rings (SSSR count). The van der Waals surface area contributed by atoms with Gasteiger partial charge in [-0.3, -0.25) is 0 Å². The van der Waals surface area contributed by atoms with Crippen LogP contribution in [0.1, 0.15) is 30.9 Å². The maximum absolute atomic E-state index is 13.5. The van der Waals surface area contributed by atoms with E-state index in [1.807, 2.05) is 12.1 Å². The lowest BCUT2D eigenvalue weighted by molar-refractivity contribution is 0.109. The summed E-state index contributed by atoms with van der Waals surface area (Å²) in [5.41, 5.74) is 1.78. The van der Waals surface area contributed by atoms with E-state index in [9.17, 15) is 4.39 Å². The van der Waals surface area contributed by atoms with Gasteiger partial charge in [0.1, 0.15) is 5.82 Å². The van der Waals surface area contributed by atoms with E-state index in [0.717, 1.165) is 31.2 Å². The van der Waals surface area contributed by atoms with Crippen LogP contribution in [0.15, 0.2) is 18.2 Å². The molecule has 0 bridgehead atoms. The highest BCUT2D eigenvalue weighted by Crippen LogP contribution is 2.29. The van der Waals surface area contributed by atoms with Gasteiger partial charge in [0.15, 0.2) is 0 Å². The minimum absolute atomic E-state index is 0.166. The van der Waals surface area contributed by atoms with Crippen molar-refractivity contribution in [2.45, 2.75) is 32.9 Å². The predicted molar refractivity (Wildman–Crippen MR) is 66.2 cm³/mol. The predicted octanol–water partition coefficient (Wildman–Crippen LogP) is 2.86. The average molecular weight is 237 g/mol. The van der Waals surface area contributed by atoms with Gasteiger partial charge in [0.2, 0.25) is 0 Å². The Morgan fingerprint density at radius 1 is 1.41 bits per heavy atom. The van der Waals surface area contributed by atoms with Gasteiger partial charge < -0.3 is 10.1 Å². The van der Waals surface area contributed by atoms with Crippen molar-refractivity contribution in [3.8, 4) is 0 Å². The van der Waals surface area contributed by atoms with Gasteiger partial charge in [0.05, 0.1) is 6.61 Å². The van der Waals surface area contributed by atoms with Crippen molar-refractivity contribution >= 4 is 0 Å². The molecule has 1 aliphatic carbocycles. The first-order valence-corrected chi connectivity index (χ1v) is 6.35. The van der Waals surface area contributed by atoms with Crippen LogP contribution in [0.4, 0.5) is 4.39 Å². The molecule has 1 fully saturated rings. The molecule has 1 N–H and O–H groups in total. The normalized spacial score (nSPS) is 15.2. The molecule has 94 valence electrons. The fraction of sp³-hybridized carbons (Fsp3) is 0.571. The molecule has 1 saturated carbocycles. The summed E-state index contributed by atoms with van der Waals surface area (Å²) in [6, 6.07) is 5.25. The Kier molecular flexibility index (Phi) is 4.51. The van der Waals surface area contributed by atoms with Crippen LogP contribution in [0, 0.1) is 11.7 Å². The number of hydrogen-bond donors (Lipinski definition) is 1. The zero-order valence-electron chi connectivity index (χ0n) is 10.3. The molecule has 3 heteroatoms. The molecular formula is C14H20FNO. The molecule has 1 aliphatic rings. The van der Waals surface area contributed by atoms with E-state index in [4.69, 9.17) is 4.74 Å². The van der Waals surface area contributed by atoms with Crippen LogP contribution < -0.4 is 5.32 Å². The number of ether oxygens (including phenoxy) is 1. The number of hydrogen-bond acceptors (Lipinski definition) is 2. The lowest BCUT2D eigenvalue weighted by atomic mass is 10.1. The third-order valence-electron chi connectivity index (χ3n) is 3.00. The molecule has 0 unspecified atom stereocenters. The highest BCUT2D eigenvalue weighted by atomic mass is 19.1. The molecule has 0 aliphatic heterocycles. The largest absolute Gasteiger partial charge is 0.376 e. The second-order valence-electron chi connectivity index (χ2n) is 4.66. The summed E-state index contributed by atoms with van der Waals surface area (Å²) in [5.74, 6) is 0.559. The molecule has 0 aromatic heterocycles. The number of nitrogens with one attached hydrogen (secondary N) is 1. The van der Waals surface area contributed by atoms with Crippen molar-refractivity contribution < 1.29 is 9.13 Å². The first kappa shape index (κ1) is 12.5. The topological polar surface area (TPSA) is 21.3 Å². The zero-order chi connectivity index (χ0) is 12.1. The van der Waals surface area contributed by atoms with E-state index in [1.54, 1.807) is 0 Å². The van der Waals surface area contributed by atoms with E-state index in [0.29, 0.717) is 12.2 Å². The van der Waals surface area contributed by atoms with E-state index in [-0.39, 0.29) is 5.82 Å². The fourth-order valence-electron chi connectivity index (χ4n) is 1.74. The quantitative estimate of drug-likeness (QED) is 0.787. The molecular weight excluding hydrogens is 217 g/mol. The Labute approximate surface area is 102 Å². The number of rotatable bonds is 7. The van der Waals surface area contributed by atoms with Gasteiger partial charge in [-0.05, 0) is 43.0 Å². The second kappa shape index (κ2) is 6.12. The molecule has 1 aromatic carbocycles. The van der Waals surface area contributed by atoms with Gasteiger partial charge in [0, 0.05) is 18.7 Å². The minimum Gasteiger partial charge on any atom is -0.376 e. The van der Waals surface area contributed by atoms with E-state index < -0.39 is 0 Å². The molecule has 0 spiro atoms. The van der Waals surface area contributed by atoms with Gasteiger partial charge >= 0.3 is 0 Å². The summed E-state index contributed by atoms with van der Waals surface area (Å²) < 4.78 is 19.1. The molecule has 0 atom stereocenters. The van der Waals surface area contributed by atoms with Crippen LogP contribution in [0.3, 0.4) is 0 Å². The molecule has 0 saturated heterocycles. The third-order valence-corrected chi connectivity index (χ3v) is 3.00. The monoisotopic (exact) mass is 237 g/mol. The summed E-state index contributed by atoms with van der Waals surface area (Å²) in [6.45, 7) is 4.93. The summed E-state index contributed by atoms with van der Waals surface area (Å²) >= 11 is 0. The Bertz CT molecular complexity index is 363. The summed E-state index contributed by atoms with van der Waals surface area (Å²) in [5, 5.41) is 3.23. The van der Waals surface area contributed by atoms with Crippen LogP contribution in [0.2, 0.25) is 0 Å². The molecule has 2 nitrogen and oxygen atoms in total. The Morgan fingerprint density at radius 2 is 2.24 bits per heavy atom. The molecule has 0 amide bonds. The van der Waals surface area contributed by atoms with Crippen molar-refractivity contribution in [1.29, 1.82) is 0 Å². The first-order valence-electron chi connectivity index (χ1n) is 6.35. The standard InChI is InChI=1S/C14H20FNO/c1-2-16-8-12-5-6-14(15)13(7-12)10-17-9-11-3-4-11/h5-7,11,16H,2-4,8-10H2,1H3. The van der Waals surface area contributed by atoms with Crippen LogP contribution in [-0.2, 0) is 17.9 Å². The third kappa shape index (κ3) is 4.10. The Hall–Kier alpha value is -0.930. The second-order valence-corrected chi connectivity index (χ2v) is 4.66. The molecule has 0 radical (unpaired) electrons. The van der Waals surface area contributed by atoms with E-state index >= 15 is 0 Å². The van der Waals surface area contributed by atoms with Crippen molar-refractivity contribution in [2.75, 3.05) is 13.2 Å². The Morgan fingerprint density at radius 3 is 2.94 bits per heavy atom. The first-order chi connectivity index (χ1) is 8.29. The SMILES string of the molecule is CCNCc1ccc(F)c(COCC2CC2)c1. The van der Waals surface area contributed by atoms with Crippen LogP contribution in [0.5, 0.6) is 0 Å². The van der Waals surface area contributed by atoms with Crippen molar-refractivity contribution in [3.63, 3.8) is 0 Å². The zero-order valence-corrected chi connectivity index (χ0v) is 10.3. The summed E-state index contributed by atoms with van der Waals surface area (Å²) in [6.07, 6.45) is 2.53. The van der Waals surface area contributed by atoms with Crippen LogP contribution in [0.25, 0.3) is 0 Å². The lowest BCUT2D eigenvalue weighted by Gasteiger charge is -2.08. The van der Waals surface area contributed by atoms with Gasteiger partial charge in [-0.2, -0.15) is 0 Å². The maximum atomic E-state index is 13.5. The summed E-state index contributed by atoms with van der Waals surface area (Å²) in [7, 11) is 0. The molecule has 0 heterocycles. The molecule has 1 aromatic rings. The van der Waals surface area contributed by atoms with Crippen molar-refractivity contribution in [3.05, 3.63) is 35.1 Å². The van der Waals surface area contributed by atoms with Crippen LogP contribution in [-0.4, -0.2) is 13.2 Å². The van der Waals surface area contributed by atoms with E-state index in [1.165, 1.54) is 18.9 Å². The smallest absolute Gasteiger partial charge is 0.128 e. The average Bonchev–Trinajstić information content (AvgIpc) is 3.14. The van der Waals surface area contributed by atoms with Gasteiger partial charge in [-0.1, -0.05) is 13.0 Å². The van der Waals surface area contributed by atoms with Gasteiger partial charge in [-0.25, -0.2) is 4.39 Å². The van der Waals surface area contributed by atoms with Crippen LogP contribution >= 0.6 is 0 Å². The summed E-state index contributed by atoms with van der Waals surface area (Å²) in [4.78, 5) is 0. The fourth-order valence-corrected chi connectivity index (χ4v) is 1.74. The maximum Gasteiger partial charge on any atom is 0.128 e. The van der Waals surface area contributed by atoms with Crippen molar-refractivity contribution in [1.82, 2.24) is 5.32 Å². The molecule has 17 heavy (non-hydrogen) atoms. The highest BCUT2D eigenvalue weighted by Gasteiger charge is 2.21. The highest BCUT2D eigenvalue weighted by molar-refractivity contribution is 5.24. The minimum atomic E-state index is -0.166. The van der Waals surface area contributed by atoms with Gasteiger partial charge in [0.25, 0.3) is 0 Å². The van der Waals surface area contributed by atoms with Crippen molar-refractivity contribution in [2.24, 2.45) is 5.92 Å². The lowest BCUT2D eigenvalue weighted by Crippen LogP contribution is -2.12. The number of benzene rings is 1. The number of halogens is 1.